The molecule has 1 aromatic carbocycles. The predicted octanol–water partition coefficient (Wildman–Crippen LogP) is 2.01. The number of rotatable bonds is 2. The standard InChI is InChI=1S/C16H21NO4/c1-2-6-15-14(5-1)18-12-13(21-15)11-17-8-4-3-7-16(17)19-9-10-20-16/h1-2,5-6,13H,3-4,7-12H2. The van der Waals surface area contributed by atoms with Gasteiger partial charge in [0.15, 0.2) is 11.5 Å². The van der Waals surface area contributed by atoms with Gasteiger partial charge < -0.3 is 18.9 Å². The highest BCUT2D eigenvalue weighted by Gasteiger charge is 2.45. The van der Waals surface area contributed by atoms with Crippen LogP contribution in [0.4, 0.5) is 0 Å². The quantitative estimate of drug-likeness (QED) is 0.833. The van der Waals surface area contributed by atoms with Gasteiger partial charge >= 0.3 is 0 Å². The van der Waals surface area contributed by atoms with Gasteiger partial charge in [-0.15, -0.1) is 0 Å². The molecule has 3 heterocycles. The molecule has 21 heavy (non-hydrogen) atoms. The smallest absolute Gasteiger partial charge is 0.230 e. The van der Waals surface area contributed by atoms with Crippen molar-refractivity contribution >= 4 is 0 Å². The zero-order chi connectivity index (χ0) is 14.1. The number of likely N-dealkylation sites (tertiary alicyclic amines) is 1. The van der Waals surface area contributed by atoms with E-state index in [0.717, 1.165) is 37.4 Å². The summed E-state index contributed by atoms with van der Waals surface area (Å²) in [4.78, 5) is 2.28. The molecule has 1 unspecified atom stereocenters. The number of piperidine rings is 1. The molecule has 1 atom stereocenters. The van der Waals surface area contributed by atoms with Gasteiger partial charge in [0, 0.05) is 19.5 Å². The molecule has 5 nitrogen and oxygen atoms in total. The molecule has 3 aliphatic rings. The molecule has 0 aromatic heterocycles. The number of hydrogen-bond donors (Lipinski definition) is 0. The Morgan fingerprint density at radius 2 is 1.90 bits per heavy atom. The molecule has 0 N–H and O–H groups in total. The summed E-state index contributed by atoms with van der Waals surface area (Å²) in [7, 11) is 0. The first-order valence-corrected chi connectivity index (χ1v) is 7.77. The molecule has 2 saturated heterocycles. The fraction of sp³-hybridized carbons (Fsp3) is 0.625. The van der Waals surface area contributed by atoms with Gasteiger partial charge in [-0.2, -0.15) is 0 Å². The molecule has 3 aliphatic heterocycles. The van der Waals surface area contributed by atoms with Crippen LogP contribution in [0.1, 0.15) is 19.3 Å². The van der Waals surface area contributed by atoms with Crippen LogP contribution in [0.3, 0.4) is 0 Å². The Kier molecular flexibility index (Phi) is 3.49. The third-order valence-corrected chi connectivity index (χ3v) is 4.38. The zero-order valence-corrected chi connectivity index (χ0v) is 12.1. The molecule has 0 radical (unpaired) electrons. The van der Waals surface area contributed by atoms with Gasteiger partial charge in [-0.05, 0) is 25.0 Å². The average Bonchev–Trinajstić information content (AvgIpc) is 2.99. The molecular weight excluding hydrogens is 270 g/mol. The van der Waals surface area contributed by atoms with E-state index in [0.29, 0.717) is 19.8 Å². The van der Waals surface area contributed by atoms with E-state index in [9.17, 15) is 0 Å². The van der Waals surface area contributed by atoms with Crippen molar-refractivity contribution in [1.29, 1.82) is 0 Å². The first-order chi connectivity index (χ1) is 10.4. The SMILES string of the molecule is c1ccc2c(c1)OCC(CN1CCCCC13OCCO3)O2. The Morgan fingerprint density at radius 3 is 2.76 bits per heavy atom. The largest absolute Gasteiger partial charge is 0.486 e. The molecule has 4 rings (SSSR count). The third-order valence-electron chi connectivity index (χ3n) is 4.38. The van der Waals surface area contributed by atoms with Crippen LogP contribution in [-0.4, -0.2) is 49.8 Å². The van der Waals surface area contributed by atoms with E-state index in [2.05, 4.69) is 4.90 Å². The lowest BCUT2D eigenvalue weighted by Gasteiger charge is -2.44. The van der Waals surface area contributed by atoms with Crippen LogP contribution in [0.2, 0.25) is 0 Å². The lowest BCUT2D eigenvalue weighted by Crippen LogP contribution is -2.56. The second-order valence-corrected chi connectivity index (χ2v) is 5.81. The van der Waals surface area contributed by atoms with Crippen molar-refractivity contribution < 1.29 is 18.9 Å². The summed E-state index contributed by atoms with van der Waals surface area (Å²) < 4.78 is 23.7. The fourth-order valence-corrected chi connectivity index (χ4v) is 3.38. The molecule has 2 fully saturated rings. The van der Waals surface area contributed by atoms with Gasteiger partial charge in [0.25, 0.3) is 0 Å². The van der Waals surface area contributed by atoms with Crippen molar-refractivity contribution in [3.8, 4) is 11.5 Å². The van der Waals surface area contributed by atoms with Crippen LogP contribution in [0, 0.1) is 0 Å². The maximum Gasteiger partial charge on any atom is 0.230 e. The van der Waals surface area contributed by atoms with Crippen molar-refractivity contribution in [3.63, 3.8) is 0 Å². The van der Waals surface area contributed by atoms with E-state index in [4.69, 9.17) is 18.9 Å². The highest BCUT2D eigenvalue weighted by Crippen LogP contribution is 2.36. The van der Waals surface area contributed by atoms with Crippen molar-refractivity contribution in [2.45, 2.75) is 31.3 Å². The summed E-state index contributed by atoms with van der Waals surface area (Å²) in [5.74, 6) is 1.14. The van der Waals surface area contributed by atoms with Crippen LogP contribution in [0.15, 0.2) is 24.3 Å². The van der Waals surface area contributed by atoms with Gasteiger partial charge in [-0.1, -0.05) is 12.1 Å². The Morgan fingerprint density at radius 1 is 1.10 bits per heavy atom. The number of ether oxygens (including phenoxy) is 4. The van der Waals surface area contributed by atoms with Crippen molar-refractivity contribution in [2.24, 2.45) is 0 Å². The van der Waals surface area contributed by atoms with Crippen LogP contribution >= 0.6 is 0 Å². The third kappa shape index (κ3) is 2.50. The van der Waals surface area contributed by atoms with Gasteiger partial charge in [-0.3, -0.25) is 0 Å². The van der Waals surface area contributed by atoms with Crippen LogP contribution in [-0.2, 0) is 9.47 Å². The van der Waals surface area contributed by atoms with Gasteiger partial charge in [-0.25, -0.2) is 4.90 Å². The molecule has 114 valence electrons. The summed E-state index contributed by atoms with van der Waals surface area (Å²) >= 11 is 0. The topological polar surface area (TPSA) is 40.2 Å². The van der Waals surface area contributed by atoms with E-state index in [1.54, 1.807) is 0 Å². The van der Waals surface area contributed by atoms with Crippen molar-refractivity contribution in [1.82, 2.24) is 4.90 Å². The highest BCUT2D eigenvalue weighted by atomic mass is 16.8. The summed E-state index contributed by atoms with van der Waals surface area (Å²) in [5, 5.41) is 0. The maximum atomic E-state index is 6.06. The molecule has 5 heteroatoms. The minimum absolute atomic E-state index is 0.0164. The summed E-state index contributed by atoms with van der Waals surface area (Å²) in [6.07, 6.45) is 3.29. The minimum atomic E-state index is -0.515. The maximum absolute atomic E-state index is 6.06. The van der Waals surface area contributed by atoms with Crippen LogP contribution < -0.4 is 9.47 Å². The normalized spacial score (nSPS) is 27.9. The number of hydrogen-bond acceptors (Lipinski definition) is 5. The summed E-state index contributed by atoms with van der Waals surface area (Å²) in [6, 6.07) is 7.83. The summed E-state index contributed by atoms with van der Waals surface area (Å²) in [6.45, 7) is 3.70. The van der Waals surface area contributed by atoms with E-state index in [-0.39, 0.29) is 6.10 Å². The zero-order valence-electron chi connectivity index (χ0n) is 12.1. The first kappa shape index (κ1) is 13.4. The van der Waals surface area contributed by atoms with E-state index < -0.39 is 5.91 Å². The lowest BCUT2D eigenvalue weighted by molar-refractivity contribution is -0.277. The number of benzene rings is 1. The minimum Gasteiger partial charge on any atom is -0.486 e. The molecule has 0 saturated carbocycles. The van der Waals surface area contributed by atoms with Crippen molar-refractivity contribution in [2.75, 3.05) is 32.9 Å². The molecule has 0 bridgehead atoms. The molecule has 1 aromatic rings. The van der Waals surface area contributed by atoms with Crippen molar-refractivity contribution in [3.05, 3.63) is 24.3 Å². The predicted molar refractivity (Wildman–Crippen MR) is 76.4 cm³/mol. The molecule has 0 amide bonds. The van der Waals surface area contributed by atoms with Gasteiger partial charge in [0.2, 0.25) is 5.91 Å². The second kappa shape index (κ2) is 5.48. The van der Waals surface area contributed by atoms with Crippen LogP contribution in [0.25, 0.3) is 0 Å². The Labute approximate surface area is 124 Å². The Balaban J connectivity index is 1.46. The van der Waals surface area contributed by atoms with Gasteiger partial charge in [0.05, 0.1) is 13.2 Å². The number of nitrogens with zero attached hydrogens (tertiary/aromatic N) is 1. The Hall–Kier alpha value is -1.30. The molecular formula is C16H21NO4. The number of para-hydroxylation sites is 2. The number of fused-ring (bicyclic) bond motifs is 1. The Bertz CT molecular complexity index is 501. The molecule has 1 spiro atoms. The first-order valence-electron chi connectivity index (χ1n) is 7.77. The second-order valence-electron chi connectivity index (χ2n) is 5.81. The van der Waals surface area contributed by atoms with Crippen LogP contribution in [0.5, 0.6) is 11.5 Å². The van der Waals surface area contributed by atoms with Gasteiger partial charge in [0.1, 0.15) is 12.7 Å². The highest BCUT2D eigenvalue weighted by molar-refractivity contribution is 5.40. The van der Waals surface area contributed by atoms with E-state index >= 15 is 0 Å². The molecule has 0 aliphatic carbocycles. The fourth-order valence-electron chi connectivity index (χ4n) is 3.38. The summed E-state index contributed by atoms with van der Waals surface area (Å²) in [5.41, 5.74) is 0. The monoisotopic (exact) mass is 291 g/mol. The average molecular weight is 291 g/mol. The van der Waals surface area contributed by atoms with E-state index in [1.807, 2.05) is 24.3 Å². The lowest BCUT2D eigenvalue weighted by atomic mass is 10.1. The van der Waals surface area contributed by atoms with E-state index in [1.165, 1.54) is 6.42 Å².